The fourth-order valence-electron chi connectivity index (χ4n) is 1.35. The third-order valence-electron chi connectivity index (χ3n) is 2.02. The van der Waals surface area contributed by atoms with Crippen LogP contribution in [0.25, 0.3) is 0 Å². The molecule has 3 nitrogen and oxygen atoms in total. The van der Waals surface area contributed by atoms with E-state index in [1.54, 1.807) is 6.26 Å². The van der Waals surface area contributed by atoms with Gasteiger partial charge in [0.1, 0.15) is 0 Å². The molecule has 1 saturated heterocycles. The second-order valence-corrected chi connectivity index (χ2v) is 2.94. The van der Waals surface area contributed by atoms with E-state index < -0.39 is 0 Å². The van der Waals surface area contributed by atoms with Crippen molar-refractivity contribution in [2.75, 3.05) is 26.3 Å². The molecule has 1 aromatic rings. The quantitative estimate of drug-likeness (QED) is 0.653. The Hall–Kier alpha value is -0.800. The molecule has 12 heavy (non-hydrogen) atoms. The molecule has 0 spiro atoms. The zero-order valence-corrected chi connectivity index (χ0v) is 6.95. The summed E-state index contributed by atoms with van der Waals surface area (Å²) in [6.45, 7) is 4.65. The third-order valence-corrected chi connectivity index (χ3v) is 2.02. The predicted octanol–water partition coefficient (Wildman–Crippen LogP) is 0.912. The first-order valence-electron chi connectivity index (χ1n) is 4.19. The minimum Gasteiger partial charge on any atom is -0.461 e. The maximum absolute atomic E-state index is 5.24. The molecule has 3 heteroatoms. The molecular weight excluding hydrogens is 154 g/mol. The van der Waals surface area contributed by atoms with Crippen LogP contribution in [0.1, 0.15) is 5.56 Å². The monoisotopic (exact) mass is 166 g/mol. The highest BCUT2D eigenvalue weighted by Gasteiger charge is 2.10. The molecule has 0 saturated carbocycles. The summed E-state index contributed by atoms with van der Waals surface area (Å²) < 4.78 is 10.1. The summed E-state index contributed by atoms with van der Waals surface area (Å²) in [6, 6.07) is 1.95. The first-order valence-corrected chi connectivity index (χ1v) is 4.19. The molecule has 1 fully saturated rings. The molecule has 0 N–H and O–H groups in total. The highest BCUT2D eigenvalue weighted by atomic mass is 16.5. The molecule has 0 unspecified atom stereocenters. The van der Waals surface area contributed by atoms with Crippen LogP contribution in [0.4, 0.5) is 0 Å². The number of hydrogen-bond acceptors (Lipinski definition) is 3. The van der Waals surface area contributed by atoms with Crippen molar-refractivity contribution in [3.05, 3.63) is 24.2 Å². The molecule has 0 aliphatic carbocycles. The van der Waals surface area contributed by atoms with E-state index in [4.69, 9.17) is 9.15 Å². The molecule has 0 bridgehead atoms. The lowest BCUT2D eigenvalue weighted by Crippen LogP contribution is -2.35. The standard InChI is InChI=1S/C9H12NO2/c1-4-12-8-9(1)7-10-2-5-11-6-3-10/h1,4H,2-3,5-7H2. The molecule has 0 aromatic carbocycles. The van der Waals surface area contributed by atoms with Crippen molar-refractivity contribution in [1.82, 2.24) is 4.90 Å². The van der Waals surface area contributed by atoms with E-state index in [-0.39, 0.29) is 0 Å². The lowest BCUT2D eigenvalue weighted by atomic mass is 10.3. The maximum atomic E-state index is 5.24. The predicted molar refractivity (Wildman–Crippen MR) is 43.6 cm³/mol. The van der Waals surface area contributed by atoms with E-state index in [0.29, 0.717) is 0 Å². The normalized spacial score (nSPS) is 19.7. The summed E-state index contributed by atoms with van der Waals surface area (Å²) in [5.74, 6) is 0. The molecule has 65 valence electrons. The number of morpholine rings is 1. The second kappa shape index (κ2) is 3.74. The van der Waals surface area contributed by atoms with Gasteiger partial charge in [0.05, 0.1) is 19.5 Å². The Morgan fingerprint density at radius 1 is 1.42 bits per heavy atom. The van der Waals surface area contributed by atoms with Gasteiger partial charge in [-0.25, -0.2) is 0 Å². The van der Waals surface area contributed by atoms with Gasteiger partial charge in [-0.2, -0.15) is 0 Å². The largest absolute Gasteiger partial charge is 0.461 e. The van der Waals surface area contributed by atoms with Gasteiger partial charge >= 0.3 is 0 Å². The summed E-state index contributed by atoms with van der Waals surface area (Å²) in [7, 11) is 0. The van der Waals surface area contributed by atoms with Crippen molar-refractivity contribution in [3.8, 4) is 0 Å². The Bertz CT molecular complexity index is 214. The summed E-state index contributed by atoms with van der Waals surface area (Å²) in [5, 5.41) is 0. The molecule has 1 aliphatic rings. The van der Waals surface area contributed by atoms with Gasteiger partial charge in [-0.3, -0.25) is 4.90 Å². The van der Waals surface area contributed by atoms with Gasteiger partial charge in [-0.15, -0.1) is 0 Å². The third kappa shape index (κ3) is 1.87. The highest BCUT2D eigenvalue weighted by molar-refractivity contribution is 5.03. The van der Waals surface area contributed by atoms with E-state index in [1.807, 2.05) is 6.07 Å². The first kappa shape index (κ1) is 7.83. The maximum Gasteiger partial charge on any atom is 0.173 e. The second-order valence-electron chi connectivity index (χ2n) is 2.94. The van der Waals surface area contributed by atoms with Crippen LogP contribution in [0, 0.1) is 6.26 Å². The number of nitrogens with zero attached hydrogens (tertiary/aromatic N) is 1. The molecule has 0 amide bonds. The van der Waals surface area contributed by atoms with Gasteiger partial charge in [0.2, 0.25) is 0 Å². The van der Waals surface area contributed by atoms with Crippen LogP contribution >= 0.6 is 0 Å². The number of furan rings is 1. The number of rotatable bonds is 2. The Labute approximate surface area is 71.9 Å². The Morgan fingerprint density at radius 3 is 2.92 bits per heavy atom. The summed E-state index contributed by atoms with van der Waals surface area (Å²) in [4.78, 5) is 2.34. The smallest absolute Gasteiger partial charge is 0.173 e. The van der Waals surface area contributed by atoms with Gasteiger partial charge in [0.25, 0.3) is 0 Å². The molecule has 2 heterocycles. The van der Waals surface area contributed by atoms with Gasteiger partial charge in [0.15, 0.2) is 6.26 Å². The van der Waals surface area contributed by atoms with Crippen LogP contribution in [-0.4, -0.2) is 31.2 Å². The van der Waals surface area contributed by atoms with Crippen molar-refractivity contribution in [3.63, 3.8) is 0 Å². The van der Waals surface area contributed by atoms with E-state index in [9.17, 15) is 0 Å². The van der Waals surface area contributed by atoms with Crippen molar-refractivity contribution < 1.29 is 9.15 Å². The van der Waals surface area contributed by atoms with Crippen molar-refractivity contribution in [2.45, 2.75) is 6.54 Å². The summed E-state index contributed by atoms with van der Waals surface area (Å²) >= 11 is 0. The fourth-order valence-corrected chi connectivity index (χ4v) is 1.35. The Kier molecular flexibility index (Phi) is 2.44. The molecular formula is C9H12NO2. The summed E-state index contributed by atoms with van der Waals surface area (Å²) in [5.41, 5.74) is 1.12. The topological polar surface area (TPSA) is 25.6 Å². The highest BCUT2D eigenvalue weighted by Crippen LogP contribution is 2.06. The Balaban J connectivity index is 1.86. The van der Waals surface area contributed by atoms with Crippen LogP contribution in [0.5, 0.6) is 0 Å². The first-order chi connectivity index (χ1) is 5.95. The zero-order valence-electron chi connectivity index (χ0n) is 6.95. The molecule has 0 atom stereocenters. The van der Waals surface area contributed by atoms with Crippen molar-refractivity contribution >= 4 is 0 Å². The SMILES string of the molecule is [c]1occc1CN1CCOCC1. The summed E-state index contributed by atoms with van der Waals surface area (Å²) in [6.07, 6.45) is 4.49. The lowest BCUT2D eigenvalue weighted by molar-refractivity contribution is 0.0341. The minimum absolute atomic E-state index is 0.845. The van der Waals surface area contributed by atoms with Gasteiger partial charge < -0.3 is 9.15 Å². The van der Waals surface area contributed by atoms with Gasteiger partial charge in [-0.05, 0) is 6.07 Å². The van der Waals surface area contributed by atoms with Gasteiger partial charge in [-0.1, -0.05) is 0 Å². The van der Waals surface area contributed by atoms with Crippen LogP contribution in [-0.2, 0) is 11.3 Å². The van der Waals surface area contributed by atoms with E-state index in [1.165, 1.54) is 0 Å². The average Bonchev–Trinajstić information content (AvgIpc) is 2.59. The minimum atomic E-state index is 0.845. The van der Waals surface area contributed by atoms with Gasteiger partial charge in [0, 0.05) is 25.2 Å². The Morgan fingerprint density at radius 2 is 2.25 bits per heavy atom. The van der Waals surface area contributed by atoms with Crippen LogP contribution < -0.4 is 0 Å². The number of ether oxygens (including phenoxy) is 1. The fraction of sp³-hybridized carbons (Fsp3) is 0.556. The average molecular weight is 166 g/mol. The van der Waals surface area contributed by atoms with E-state index >= 15 is 0 Å². The molecule has 1 radical (unpaired) electrons. The van der Waals surface area contributed by atoms with Crippen LogP contribution in [0.2, 0.25) is 0 Å². The van der Waals surface area contributed by atoms with Crippen molar-refractivity contribution in [1.29, 1.82) is 0 Å². The van der Waals surface area contributed by atoms with E-state index in [2.05, 4.69) is 11.2 Å². The molecule has 2 rings (SSSR count). The van der Waals surface area contributed by atoms with Crippen molar-refractivity contribution in [2.24, 2.45) is 0 Å². The van der Waals surface area contributed by atoms with E-state index in [0.717, 1.165) is 38.4 Å². The van der Waals surface area contributed by atoms with Crippen LogP contribution in [0.15, 0.2) is 16.7 Å². The molecule has 1 aliphatic heterocycles. The molecule has 1 aromatic heterocycles. The van der Waals surface area contributed by atoms with Crippen LogP contribution in [0.3, 0.4) is 0 Å². The number of hydrogen-bond donors (Lipinski definition) is 0. The zero-order chi connectivity index (χ0) is 8.23. The lowest BCUT2D eigenvalue weighted by Gasteiger charge is -2.25.